The molecule has 38 heavy (non-hydrogen) atoms. The normalized spacial score (nSPS) is 19.1. The molecule has 1 aromatic heterocycles. The summed E-state index contributed by atoms with van der Waals surface area (Å²) in [6.07, 6.45) is 9.96. The quantitative estimate of drug-likeness (QED) is 0.299. The molecule has 0 saturated heterocycles. The number of aromatic amines is 1. The van der Waals surface area contributed by atoms with Gasteiger partial charge in [0, 0.05) is 49.2 Å². The first-order valence-electron chi connectivity index (χ1n) is 12.5. The minimum absolute atomic E-state index is 0.117. The number of carbonyl (C=O) groups excluding carboxylic acids is 2. The first-order chi connectivity index (χ1) is 18.5. The lowest BCUT2D eigenvalue weighted by molar-refractivity contribution is -0.419. The Kier molecular flexibility index (Phi) is 7.26. The molecule has 192 valence electrons. The van der Waals surface area contributed by atoms with E-state index in [0.29, 0.717) is 32.5 Å². The highest BCUT2D eigenvalue weighted by atomic mass is 16.6. The Balaban J connectivity index is 1.45. The van der Waals surface area contributed by atoms with Gasteiger partial charge in [-0.1, -0.05) is 42.5 Å². The van der Waals surface area contributed by atoms with Crippen LogP contribution < -0.4 is 4.90 Å². The van der Waals surface area contributed by atoms with Crippen molar-refractivity contribution in [1.29, 1.82) is 0 Å². The van der Waals surface area contributed by atoms with Gasteiger partial charge in [0.2, 0.25) is 5.78 Å². The molecule has 0 radical (unpaired) electrons. The van der Waals surface area contributed by atoms with Gasteiger partial charge in [0.15, 0.2) is 0 Å². The number of anilines is 1. The van der Waals surface area contributed by atoms with Crippen LogP contribution in [0.4, 0.5) is 5.69 Å². The molecule has 5 rings (SSSR count). The molecule has 3 aromatic rings. The third-order valence-corrected chi connectivity index (χ3v) is 6.75. The molecule has 2 aromatic carbocycles. The number of allylic oxidation sites excluding steroid dienone is 4. The Morgan fingerprint density at radius 3 is 2.66 bits per heavy atom. The van der Waals surface area contributed by atoms with E-state index in [-0.39, 0.29) is 17.8 Å². The molecule has 2 heterocycles. The molecule has 0 spiro atoms. The van der Waals surface area contributed by atoms with E-state index >= 15 is 0 Å². The zero-order valence-electron chi connectivity index (χ0n) is 20.7. The van der Waals surface area contributed by atoms with Gasteiger partial charge >= 0.3 is 0 Å². The molecule has 2 aliphatic rings. The number of hydrogen-bond acceptors (Lipinski definition) is 6. The van der Waals surface area contributed by atoms with Gasteiger partial charge in [-0.25, -0.2) is 4.98 Å². The highest BCUT2D eigenvalue weighted by molar-refractivity contribution is 6.42. The lowest BCUT2D eigenvalue weighted by Crippen LogP contribution is -2.39. The van der Waals surface area contributed by atoms with Crippen LogP contribution >= 0.6 is 0 Å². The Bertz CT molecular complexity index is 1440. The summed E-state index contributed by atoms with van der Waals surface area (Å²) in [5.41, 5.74) is 5.13. The van der Waals surface area contributed by atoms with Gasteiger partial charge in [0.25, 0.3) is 11.6 Å². The molecule has 1 aliphatic heterocycles. The number of nitrogens with one attached hydrogen (secondary N) is 1. The number of fused-ring (bicyclic) bond motifs is 1. The van der Waals surface area contributed by atoms with E-state index in [4.69, 9.17) is 0 Å². The molecular weight excluding hydrogens is 482 g/mol. The number of amides is 1. The second-order valence-electron chi connectivity index (χ2n) is 9.25. The van der Waals surface area contributed by atoms with Crippen LogP contribution in [0, 0.1) is 10.1 Å². The number of rotatable bonds is 6. The predicted molar refractivity (Wildman–Crippen MR) is 143 cm³/mol. The minimum atomic E-state index is -0.623. The van der Waals surface area contributed by atoms with E-state index in [0.717, 1.165) is 28.1 Å². The number of ketones is 1. The predicted octanol–water partition coefficient (Wildman–Crippen LogP) is 4.43. The summed E-state index contributed by atoms with van der Waals surface area (Å²) in [6.45, 7) is 1.75. The molecule has 0 bridgehead atoms. The third kappa shape index (κ3) is 5.46. The van der Waals surface area contributed by atoms with Crippen molar-refractivity contribution in [1.82, 2.24) is 14.9 Å². The average Bonchev–Trinajstić information content (AvgIpc) is 3.36. The topological polar surface area (TPSA) is 112 Å². The Morgan fingerprint density at radius 2 is 1.89 bits per heavy atom. The largest absolute Gasteiger partial charge is 0.364 e. The number of carbonyl (C=O) groups is 2. The van der Waals surface area contributed by atoms with Crippen molar-refractivity contribution in [2.45, 2.75) is 25.9 Å². The standard InChI is InChI=1S/C29H27N5O4/c35-28(22-8-4-5-9-26(12-10-22)34(37)38)29(36)33-15-14-32(19-25-17-30-20-31-25)27-13-11-23(16-24(27)18-33)21-6-2-1-3-7-21/h1-3,5-7,9-13,16-17,20H,4,8,14-15,18-19H2,(H,30,31)/b9-5-,22-10+,26-12+. The number of nitro groups is 1. The summed E-state index contributed by atoms with van der Waals surface area (Å²) in [6, 6.07) is 16.2. The molecule has 1 N–H and O–H groups in total. The van der Waals surface area contributed by atoms with Gasteiger partial charge in [0.05, 0.1) is 23.5 Å². The van der Waals surface area contributed by atoms with Gasteiger partial charge in [-0.05, 0) is 47.7 Å². The molecule has 0 fully saturated rings. The first-order valence-corrected chi connectivity index (χ1v) is 12.5. The monoisotopic (exact) mass is 509 g/mol. The van der Waals surface area contributed by atoms with Crippen LogP contribution in [0.3, 0.4) is 0 Å². The molecule has 9 nitrogen and oxygen atoms in total. The fourth-order valence-electron chi connectivity index (χ4n) is 4.75. The molecule has 0 atom stereocenters. The fraction of sp³-hybridized carbons (Fsp3) is 0.207. The fourth-order valence-corrected chi connectivity index (χ4v) is 4.75. The summed E-state index contributed by atoms with van der Waals surface area (Å²) in [5.74, 6) is -1.22. The number of hydrogen-bond donors (Lipinski definition) is 1. The maximum absolute atomic E-state index is 13.5. The third-order valence-electron chi connectivity index (χ3n) is 6.75. The van der Waals surface area contributed by atoms with Gasteiger partial charge < -0.3 is 14.8 Å². The van der Waals surface area contributed by atoms with Gasteiger partial charge in [-0.15, -0.1) is 0 Å². The van der Waals surface area contributed by atoms with E-state index in [1.54, 1.807) is 23.5 Å². The number of H-pyrrole nitrogens is 1. The number of nitrogens with zero attached hydrogens (tertiary/aromatic N) is 4. The van der Waals surface area contributed by atoms with E-state index < -0.39 is 16.6 Å². The molecule has 1 aliphatic carbocycles. The van der Waals surface area contributed by atoms with Crippen LogP contribution in [-0.4, -0.2) is 44.6 Å². The van der Waals surface area contributed by atoms with E-state index in [1.165, 1.54) is 18.2 Å². The zero-order chi connectivity index (χ0) is 26.5. The van der Waals surface area contributed by atoms with Crippen molar-refractivity contribution in [2.75, 3.05) is 18.0 Å². The van der Waals surface area contributed by atoms with E-state index in [1.807, 2.05) is 30.3 Å². The average molecular weight is 510 g/mol. The summed E-state index contributed by atoms with van der Waals surface area (Å²) < 4.78 is 0. The van der Waals surface area contributed by atoms with Gasteiger partial charge in [0.1, 0.15) is 0 Å². The van der Waals surface area contributed by atoms with E-state index in [9.17, 15) is 19.7 Å². The lowest BCUT2D eigenvalue weighted by atomic mass is 10.00. The number of imidazole rings is 1. The smallest absolute Gasteiger partial charge is 0.294 e. The van der Waals surface area contributed by atoms with Gasteiger partial charge in [-0.3, -0.25) is 19.7 Å². The lowest BCUT2D eigenvalue weighted by Gasteiger charge is -2.24. The highest BCUT2D eigenvalue weighted by Gasteiger charge is 2.29. The van der Waals surface area contributed by atoms with E-state index in [2.05, 4.69) is 33.1 Å². The maximum atomic E-state index is 13.5. The number of Topliss-reactive ketones (excluding diaryl/α,β-unsaturated/α-hetero) is 1. The minimum Gasteiger partial charge on any atom is -0.364 e. The number of benzene rings is 2. The zero-order valence-corrected chi connectivity index (χ0v) is 20.7. The van der Waals surface area contributed by atoms with Crippen molar-refractivity contribution < 1.29 is 14.5 Å². The molecule has 9 heteroatoms. The van der Waals surface area contributed by atoms with Crippen molar-refractivity contribution in [3.63, 3.8) is 0 Å². The summed E-state index contributed by atoms with van der Waals surface area (Å²) in [5, 5.41) is 11.2. The number of aromatic nitrogens is 2. The van der Waals surface area contributed by atoms with Crippen molar-refractivity contribution in [3.8, 4) is 11.1 Å². The molecule has 0 saturated carbocycles. The second-order valence-corrected chi connectivity index (χ2v) is 9.25. The Morgan fingerprint density at radius 1 is 1.05 bits per heavy atom. The molecule has 0 unspecified atom stereocenters. The van der Waals surface area contributed by atoms with Crippen molar-refractivity contribution >= 4 is 17.4 Å². The van der Waals surface area contributed by atoms with Crippen LogP contribution in [0.1, 0.15) is 24.1 Å². The summed E-state index contributed by atoms with van der Waals surface area (Å²) in [4.78, 5) is 48.5. The summed E-state index contributed by atoms with van der Waals surface area (Å²) in [7, 11) is 0. The first kappa shape index (κ1) is 24.9. The van der Waals surface area contributed by atoms with Crippen LogP contribution in [0.2, 0.25) is 0 Å². The van der Waals surface area contributed by atoms with Crippen molar-refractivity contribution in [3.05, 3.63) is 118 Å². The summed E-state index contributed by atoms with van der Waals surface area (Å²) >= 11 is 0. The van der Waals surface area contributed by atoms with Gasteiger partial charge in [-0.2, -0.15) is 0 Å². The Labute approximate surface area is 219 Å². The maximum Gasteiger partial charge on any atom is 0.294 e. The molecule has 1 amide bonds. The second kappa shape index (κ2) is 11.1. The Hall–Kier alpha value is -4.79. The van der Waals surface area contributed by atoms with Crippen molar-refractivity contribution in [2.24, 2.45) is 0 Å². The van der Waals surface area contributed by atoms with Crippen LogP contribution in [0.15, 0.2) is 96.6 Å². The SMILES string of the molecule is O=C(C(=O)N1CCN(Cc2cnc[nH]2)c2ccc(-c3ccccc3)cc2C1)/C1=C/C=C([N+](=O)[O-])\C=C/CC1. The van der Waals surface area contributed by atoms with Crippen LogP contribution in [-0.2, 0) is 22.7 Å². The highest BCUT2D eigenvalue weighted by Crippen LogP contribution is 2.31. The van der Waals surface area contributed by atoms with Crippen LogP contribution in [0.5, 0.6) is 0 Å². The molecular formula is C29H27N5O4. The van der Waals surface area contributed by atoms with Crippen LogP contribution in [0.25, 0.3) is 11.1 Å².